The number of benzene rings is 2. The van der Waals surface area contributed by atoms with Crippen LogP contribution in [0.4, 0.5) is 0 Å². The molecule has 0 saturated heterocycles. The molecule has 1 N–H and O–H groups in total. The molecule has 1 heterocycles. The lowest BCUT2D eigenvalue weighted by atomic mass is 10.0. The number of phenolic OH excluding ortho intramolecular Hbond substituents is 1. The maximum Gasteiger partial charge on any atom is 0.143 e. The Morgan fingerprint density at radius 1 is 0.952 bits per heavy atom. The zero-order valence-corrected chi connectivity index (χ0v) is 14.8. The molecule has 0 saturated carbocycles. The first-order valence-electron chi connectivity index (χ1n) is 7.09. The van der Waals surface area contributed by atoms with Crippen LogP contribution in [0.15, 0.2) is 45.3 Å². The van der Waals surface area contributed by atoms with Gasteiger partial charge < -0.3 is 5.11 Å². The van der Waals surface area contributed by atoms with Gasteiger partial charge in [0.1, 0.15) is 5.75 Å². The van der Waals surface area contributed by atoms with Crippen molar-refractivity contribution >= 4 is 31.9 Å². The number of nitrogens with zero attached hydrogens (tertiary/aromatic N) is 1. The van der Waals surface area contributed by atoms with Gasteiger partial charge in [-0.3, -0.25) is 4.90 Å². The van der Waals surface area contributed by atoms with Crippen LogP contribution in [0, 0.1) is 0 Å². The highest BCUT2D eigenvalue weighted by Gasteiger charge is 2.15. The number of fused-ring (bicyclic) bond motifs is 1. The Hall–Kier alpha value is -0.840. The predicted octanol–water partition coefficient (Wildman–Crippen LogP) is 4.52. The molecule has 2 aromatic carbocycles. The first-order valence-corrected chi connectivity index (χ1v) is 8.68. The minimum atomic E-state index is 0.266. The first-order chi connectivity index (χ1) is 10.1. The highest BCUT2D eigenvalue weighted by molar-refractivity contribution is 9.11. The molecule has 0 unspecified atom stereocenters. The zero-order valence-electron chi connectivity index (χ0n) is 11.6. The van der Waals surface area contributed by atoms with Gasteiger partial charge in [-0.25, -0.2) is 0 Å². The van der Waals surface area contributed by atoms with Crippen LogP contribution in [0.3, 0.4) is 0 Å². The summed E-state index contributed by atoms with van der Waals surface area (Å²) in [6.45, 7) is 3.06. The van der Waals surface area contributed by atoms with Crippen molar-refractivity contribution in [2.45, 2.75) is 19.4 Å². The number of rotatable bonds is 2. The van der Waals surface area contributed by atoms with Crippen molar-refractivity contribution in [3.05, 3.63) is 62.0 Å². The molecule has 0 bridgehead atoms. The van der Waals surface area contributed by atoms with Gasteiger partial charge in [-0.15, -0.1) is 0 Å². The lowest BCUT2D eigenvalue weighted by Gasteiger charge is -2.20. The third kappa shape index (κ3) is 3.50. The van der Waals surface area contributed by atoms with Crippen molar-refractivity contribution in [1.82, 2.24) is 4.90 Å². The fourth-order valence-electron chi connectivity index (χ4n) is 2.84. The molecule has 4 heteroatoms. The lowest BCUT2D eigenvalue weighted by Crippen LogP contribution is -2.25. The van der Waals surface area contributed by atoms with E-state index in [0.717, 1.165) is 41.4 Å². The van der Waals surface area contributed by atoms with Gasteiger partial charge in [-0.1, -0.05) is 24.3 Å². The van der Waals surface area contributed by atoms with E-state index in [1.54, 1.807) is 0 Å². The third-order valence-corrected chi connectivity index (χ3v) is 5.20. The van der Waals surface area contributed by atoms with Crippen LogP contribution in [-0.4, -0.2) is 23.1 Å². The summed E-state index contributed by atoms with van der Waals surface area (Å²) in [5.41, 5.74) is 4.17. The van der Waals surface area contributed by atoms with E-state index in [0.29, 0.717) is 0 Å². The van der Waals surface area contributed by atoms with Crippen molar-refractivity contribution in [3.8, 4) is 5.75 Å². The summed E-state index contributed by atoms with van der Waals surface area (Å²) in [6.07, 6.45) is 2.22. The number of hydrogen-bond acceptors (Lipinski definition) is 2. The van der Waals surface area contributed by atoms with E-state index < -0.39 is 0 Å². The summed E-state index contributed by atoms with van der Waals surface area (Å²) in [5, 5.41) is 9.79. The Morgan fingerprint density at radius 2 is 1.48 bits per heavy atom. The monoisotopic (exact) mass is 409 g/mol. The maximum atomic E-state index is 9.79. The van der Waals surface area contributed by atoms with Crippen molar-refractivity contribution < 1.29 is 5.11 Å². The molecule has 0 aliphatic carbocycles. The van der Waals surface area contributed by atoms with E-state index in [9.17, 15) is 5.11 Å². The second kappa shape index (κ2) is 6.51. The molecule has 3 rings (SSSR count). The summed E-state index contributed by atoms with van der Waals surface area (Å²) in [7, 11) is 0. The van der Waals surface area contributed by atoms with E-state index in [2.05, 4.69) is 61.0 Å². The van der Waals surface area contributed by atoms with Gasteiger partial charge in [0.25, 0.3) is 0 Å². The molecule has 2 aromatic rings. The Bertz CT molecular complexity index is 607. The Morgan fingerprint density at radius 3 is 2.00 bits per heavy atom. The van der Waals surface area contributed by atoms with E-state index in [1.807, 2.05) is 12.1 Å². The molecular formula is C17H17Br2NO. The minimum absolute atomic E-state index is 0.266. The Kier molecular flexibility index (Phi) is 4.67. The van der Waals surface area contributed by atoms with Crippen molar-refractivity contribution in [1.29, 1.82) is 0 Å². The molecule has 1 aliphatic rings. The van der Waals surface area contributed by atoms with Crippen LogP contribution < -0.4 is 0 Å². The van der Waals surface area contributed by atoms with Gasteiger partial charge >= 0.3 is 0 Å². The summed E-state index contributed by atoms with van der Waals surface area (Å²) in [4.78, 5) is 2.48. The fraction of sp³-hybridized carbons (Fsp3) is 0.294. The van der Waals surface area contributed by atoms with E-state index >= 15 is 0 Å². The summed E-state index contributed by atoms with van der Waals surface area (Å²) < 4.78 is 1.48. The molecule has 0 atom stereocenters. The molecule has 110 valence electrons. The summed E-state index contributed by atoms with van der Waals surface area (Å²) in [5.74, 6) is 0.266. The second-order valence-electron chi connectivity index (χ2n) is 5.45. The summed E-state index contributed by atoms with van der Waals surface area (Å²) >= 11 is 6.80. The van der Waals surface area contributed by atoms with E-state index in [-0.39, 0.29) is 5.75 Å². The van der Waals surface area contributed by atoms with Gasteiger partial charge in [-0.2, -0.15) is 0 Å². The predicted molar refractivity (Wildman–Crippen MR) is 92.6 cm³/mol. The number of aromatic hydroxyl groups is 1. The normalized spacial score (nSPS) is 15.5. The Labute approximate surface area is 142 Å². The number of halogens is 2. The first kappa shape index (κ1) is 15.1. The molecule has 0 aromatic heterocycles. The van der Waals surface area contributed by atoms with Crippen LogP contribution >= 0.6 is 31.9 Å². The van der Waals surface area contributed by atoms with Crippen LogP contribution in [0.1, 0.15) is 16.7 Å². The largest absolute Gasteiger partial charge is 0.506 e. The number of phenols is 1. The van der Waals surface area contributed by atoms with Crippen LogP contribution in [0.2, 0.25) is 0 Å². The minimum Gasteiger partial charge on any atom is -0.506 e. The summed E-state index contributed by atoms with van der Waals surface area (Å²) in [6, 6.07) is 12.7. The zero-order chi connectivity index (χ0) is 14.8. The molecule has 0 fully saturated rings. The molecular weight excluding hydrogens is 394 g/mol. The molecule has 0 radical (unpaired) electrons. The highest BCUT2D eigenvalue weighted by Crippen LogP contribution is 2.33. The molecule has 0 amide bonds. The quantitative estimate of drug-likeness (QED) is 0.786. The SMILES string of the molecule is Oc1c(Br)cc(CN2CCc3ccccc3CC2)cc1Br. The molecule has 0 spiro atoms. The second-order valence-corrected chi connectivity index (χ2v) is 7.16. The maximum absolute atomic E-state index is 9.79. The third-order valence-electron chi connectivity index (χ3n) is 4.00. The number of hydrogen-bond donors (Lipinski definition) is 1. The van der Waals surface area contributed by atoms with Gasteiger partial charge in [0.15, 0.2) is 0 Å². The van der Waals surface area contributed by atoms with Crippen molar-refractivity contribution in [2.75, 3.05) is 13.1 Å². The van der Waals surface area contributed by atoms with Crippen molar-refractivity contribution in [2.24, 2.45) is 0 Å². The molecule has 21 heavy (non-hydrogen) atoms. The molecule has 2 nitrogen and oxygen atoms in total. The topological polar surface area (TPSA) is 23.5 Å². The lowest BCUT2D eigenvalue weighted by molar-refractivity contribution is 0.279. The standard InChI is InChI=1S/C17H17Br2NO/c18-15-9-12(10-16(19)17(15)21)11-20-7-5-13-3-1-2-4-14(13)6-8-20/h1-4,9-10,21H,5-8,11H2. The van der Waals surface area contributed by atoms with Crippen LogP contribution in [0.25, 0.3) is 0 Å². The fourth-order valence-corrected chi connectivity index (χ4v) is 4.12. The van der Waals surface area contributed by atoms with Crippen LogP contribution in [-0.2, 0) is 19.4 Å². The average Bonchev–Trinajstić information content (AvgIpc) is 2.68. The van der Waals surface area contributed by atoms with Gasteiger partial charge in [0.05, 0.1) is 8.95 Å². The van der Waals surface area contributed by atoms with Gasteiger partial charge in [0, 0.05) is 19.6 Å². The van der Waals surface area contributed by atoms with E-state index in [1.165, 1.54) is 16.7 Å². The smallest absolute Gasteiger partial charge is 0.143 e. The van der Waals surface area contributed by atoms with Crippen molar-refractivity contribution in [3.63, 3.8) is 0 Å². The molecule has 1 aliphatic heterocycles. The van der Waals surface area contributed by atoms with Gasteiger partial charge in [0.2, 0.25) is 0 Å². The average molecular weight is 411 g/mol. The van der Waals surface area contributed by atoms with Crippen LogP contribution in [0.5, 0.6) is 5.75 Å². The van der Waals surface area contributed by atoms with Gasteiger partial charge in [-0.05, 0) is 73.5 Å². The highest BCUT2D eigenvalue weighted by atomic mass is 79.9. The Balaban J connectivity index is 1.73. The van der Waals surface area contributed by atoms with E-state index in [4.69, 9.17) is 0 Å².